The van der Waals surface area contributed by atoms with Gasteiger partial charge in [0, 0.05) is 19.1 Å². The molecule has 0 aliphatic carbocycles. The Morgan fingerprint density at radius 2 is 2.31 bits per heavy atom. The second kappa shape index (κ2) is 6.18. The number of likely N-dealkylation sites (N-methyl/N-ethyl adjacent to an activating group) is 2. The number of hydrogen-bond acceptors (Lipinski definition) is 4. The predicted molar refractivity (Wildman–Crippen MR) is 63.6 cm³/mol. The standard InChI is InChI=1S/C11H23N3O2/c1-12-10(11(15)16)5-7-14-6-4-9(8-14)13(2)3/h9-10,12H,4-8H2,1-3H3,(H,15,16). The largest absolute Gasteiger partial charge is 0.480 e. The number of carbonyl (C=O) groups is 1. The van der Waals surface area contributed by atoms with Crippen LogP contribution in [0, 0.1) is 0 Å². The lowest BCUT2D eigenvalue weighted by atomic mass is 10.2. The molecule has 1 saturated heterocycles. The molecule has 1 heterocycles. The summed E-state index contributed by atoms with van der Waals surface area (Å²) in [6.45, 7) is 3.00. The first-order valence-corrected chi connectivity index (χ1v) is 5.83. The van der Waals surface area contributed by atoms with E-state index in [1.165, 1.54) is 6.42 Å². The molecule has 2 unspecified atom stereocenters. The zero-order valence-electron chi connectivity index (χ0n) is 10.4. The Hall–Kier alpha value is -0.650. The highest BCUT2D eigenvalue weighted by molar-refractivity contribution is 5.73. The second-order valence-corrected chi connectivity index (χ2v) is 4.67. The fraction of sp³-hybridized carbons (Fsp3) is 0.909. The van der Waals surface area contributed by atoms with Crippen LogP contribution in [0.3, 0.4) is 0 Å². The minimum Gasteiger partial charge on any atom is -0.480 e. The van der Waals surface area contributed by atoms with Crippen molar-refractivity contribution in [3.63, 3.8) is 0 Å². The first-order chi connectivity index (χ1) is 7.54. The molecule has 2 atom stereocenters. The van der Waals surface area contributed by atoms with Crippen molar-refractivity contribution in [2.45, 2.75) is 24.9 Å². The summed E-state index contributed by atoms with van der Waals surface area (Å²) >= 11 is 0. The van der Waals surface area contributed by atoms with E-state index < -0.39 is 12.0 Å². The summed E-state index contributed by atoms with van der Waals surface area (Å²) in [5, 5.41) is 11.7. The molecule has 1 fully saturated rings. The average molecular weight is 229 g/mol. The van der Waals surface area contributed by atoms with E-state index in [1.807, 2.05) is 0 Å². The summed E-state index contributed by atoms with van der Waals surface area (Å²) < 4.78 is 0. The molecule has 1 aliphatic heterocycles. The highest BCUT2D eigenvalue weighted by atomic mass is 16.4. The molecule has 0 aromatic heterocycles. The molecule has 0 spiro atoms. The van der Waals surface area contributed by atoms with E-state index in [2.05, 4.69) is 29.2 Å². The zero-order valence-corrected chi connectivity index (χ0v) is 10.4. The molecule has 5 nitrogen and oxygen atoms in total. The Labute approximate surface area is 97.4 Å². The Bertz CT molecular complexity index is 233. The monoisotopic (exact) mass is 229 g/mol. The van der Waals surface area contributed by atoms with Crippen molar-refractivity contribution in [3.8, 4) is 0 Å². The number of nitrogens with one attached hydrogen (secondary N) is 1. The lowest BCUT2D eigenvalue weighted by Crippen LogP contribution is -2.38. The number of carboxylic acids is 1. The quantitative estimate of drug-likeness (QED) is 0.654. The molecule has 16 heavy (non-hydrogen) atoms. The minimum absolute atomic E-state index is 0.418. The van der Waals surface area contributed by atoms with E-state index in [0.717, 1.165) is 19.6 Å². The minimum atomic E-state index is -0.758. The first kappa shape index (κ1) is 13.4. The van der Waals surface area contributed by atoms with Crippen molar-refractivity contribution < 1.29 is 9.90 Å². The van der Waals surface area contributed by atoms with Gasteiger partial charge in [-0.05, 0) is 40.5 Å². The van der Waals surface area contributed by atoms with Crippen LogP contribution in [0.5, 0.6) is 0 Å². The van der Waals surface area contributed by atoms with Gasteiger partial charge in [0.25, 0.3) is 0 Å². The highest BCUT2D eigenvalue weighted by Crippen LogP contribution is 2.13. The molecule has 0 bridgehead atoms. The van der Waals surface area contributed by atoms with Crippen molar-refractivity contribution in [1.82, 2.24) is 15.1 Å². The van der Waals surface area contributed by atoms with Crippen LogP contribution in [0.25, 0.3) is 0 Å². The van der Waals surface area contributed by atoms with Gasteiger partial charge in [0.2, 0.25) is 0 Å². The number of carboxylic acid groups (broad SMARTS) is 1. The van der Waals surface area contributed by atoms with Crippen LogP contribution in [0.15, 0.2) is 0 Å². The van der Waals surface area contributed by atoms with Gasteiger partial charge >= 0.3 is 5.97 Å². The highest BCUT2D eigenvalue weighted by Gasteiger charge is 2.25. The van der Waals surface area contributed by atoms with Gasteiger partial charge in [-0.1, -0.05) is 0 Å². The molecule has 1 rings (SSSR count). The van der Waals surface area contributed by atoms with Gasteiger partial charge in [0.15, 0.2) is 0 Å². The topological polar surface area (TPSA) is 55.8 Å². The Morgan fingerprint density at radius 1 is 1.62 bits per heavy atom. The number of rotatable bonds is 6. The average Bonchev–Trinajstić information content (AvgIpc) is 2.67. The fourth-order valence-corrected chi connectivity index (χ4v) is 2.14. The third-order valence-corrected chi connectivity index (χ3v) is 3.36. The number of likely N-dealkylation sites (tertiary alicyclic amines) is 1. The van der Waals surface area contributed by atoms with Crippen LogP contribution >= 0.6 is 0 Å². The fourth-order valence-electron chi connectivity index (χ4n) is 2.14. The molecule has 0 saturated carbocycles. The van der Waals surface area contributed by atoms with E-state index >= 15 is 0 Å². The van der Waals surface area contributed by atoms with Crippen molar-refractivity contribution in [1.29, 1.82) is 0 Å². The van der Waals surface area contributed by atoms with Crippen LogP contribution < -0.4 is 5.32 Å². The van der Waals surface area contributed by atoms with Gasteiger partial charge in [0.05, 0.1) is 0 Å². The lowest BCUT2D eigenvalue weighted by Gasteiger charge is -2.21. The number of hydrogen-bond donors (Lipinski definition) is 2. The molecule has 94 valence electrons. The number of nitrogens with zero attached hydrogens (tertiary/aromatic N) is 2. The summed E-state index contributed by atoms with van der Waals surface area (Å²) in [6, 6.07) is 0.205. The normalized spacial score (nSPS) is 23.9. The van der Waals surface area contributed by atoms with E-state index in [4.69, 9.17) is 5.11 Å². The van der Waals surface area contributed by atoms with E-state index in [9.17, 15) is 4.79 Å². The SMILES string of the molecule is CNC(CCN1CCC(N(C)C)C1)C(=O)O. The molecule has 0 aromatic rings. The molecule has 0 aromatic carbocycles. The van der Waals surface area contributed by atoms with Crippen LogP contribution in [0.2, 0.25) is 0 Å². The summed E-state index contributed by atoms with van der Waals surface area (Å²) in [6.07, 6.45) is 1.86. The molecule has 0 amide bonds. The molecule has 2 N–H and O–H groups in total. The first-order valence-electron chi connectivity index (χ1n) is 5.83. The Balaban J connectivity index is 2.26. The Kier molecular flexibility index (Phi) is 5.18. The van der Waals surface area contributed by atoms with E-state index in [0.29, 0.717) is 12.5 Å². The van der Waals surface area contributed by atoms with Crippen LogP contribution in [-0.4, -0.2) is 73.7 Å². The summed E-state index contributed by atoms with van der Waals surface area (Å²) in [4.78, 5) is 15.4. The van der Waals surface area contributed by atoms with Gasteiger partial charge in [-0.3, -0.25) is 4.79 Å². The predicted octanol–water partition coefficient (Wildman–Crippen LogP) is -0.315. The smallest absolute Gasteiger partial charge is 0.320 e. The number of aliphatic carboxylic acids is 1. The van der Waals surface area contributed by atoms with Crippen LogP contribution in [0.4, 0.5) is 0 Å². The van der Waals surface area contributed by atoms with Crippen LogP contribution in [-0.2, 0) is 4.79 Å². The van der Waals surface area contributed by atoms with Gasteiger partial charge < -0.3 is 20.2 Å². The Morgan fingerprint density at radius 3 is 2.75 bits per heavy atom. The third kappa shape index (κ3) is 3.73. The van der Waals surface area contributed by atoms with E-state index in [1.54, 1.807) is 7.05 Å². The van der Waals surface area contributed by atoms with Crippen molar-refractivity contribution in [3.05, 3.63) is 0 Å². The zero-order chi connectivity index (χ0) is 12.1. The van der Waals surface area contributed by atoms with Crippen molar-refractivity contribution in [2.24, 2.45) is 0 Å². The van der Waals surface area contributed by atoms with Gasteiger partial charge in [-0.15, -0.1) is 0 Å². The maximum absolute atomic E-state index is 10.8. The second-order valence-electron chi connectivity index (χ2n) is 4.67. The van der Waals surface area contributed by atoms with Gasteiger partial charge in [-0.25, -0.2) is 0 Å². The summed E-state index contributed by atoms with van der Waals surface area (Å²) in [5.41, 5.74) is 0. The molecular formula is C11H23N3O2. The molecular weight excluding hydrogens is 206 g/mol. The third-order valence-electron chi connectivity index (χ3n) is 3.36. The molecule has 5 heteroatoms. The summed E-state index contributed by atoms with van der Waals surface area (Å²) in [5.74, 6) is -0.758. The maximum Gasteiger partial charge on any atom is 0.320 e. The van der Waals surface area contributed by atoms with Crippen molar-refractivity contribution >= 4 is 5.97 Å². The van der Waals surface area contributed by atoms with Gasteiger partial charge in [-0.2, -0.15) is 0 Å². The van der Waals surface area contributed by atoms with Crippen molar-refractivity contribution in [2.75, 3.05) is 40.8 Å². The van der Waals surface area contributed by atoms with Crippen LogP contribution in [0.1, 0.15) is 12.8 Å². The lowest BCUT2D eigenvalue weighted by molar-refractivity contribution is -0.139. The maximum atomic E-state index is 10.8. The van der Waals surface area contributed by atoms with E-state index in [-0.39, 0.29) is 0 Å². The molecule has 0 radical (unpaired) electrons. The molecule has 1 aliphatic rings. The van der Waals surface area contributed by atoms with Gasteiger partial charge in [0.1, 0.15) is 6.04 Å². The summed E-state index contributed by atoms with van der Waals surface area (Å²) in [7, 11) is 5.90.